The summed E-state index contributed by atoms with van der Waals surface area (Å²) in [4.78, 5) is 12.8. The fourth-order valence-electron chi connectivity index (χ4n) is 4.68. The van der Waals surface area contributed by atoms with Crippen LogP contribution in [0.1, 0.15) is 42.0 Å². The Bertz CT molecular complexity index is 1140. The van der Waals surface area contributed by atoms with Crippen LogP contribution in [0.25, 0.3) is 0 Å². The lowest BCUT2D eigenvalue weighted by Gasteiger charge is -2.29. The second kappa shape index (κ2) is 6.79. The minimum atomic E-state index is -3.57. The second-order valence-corrected chi connectivity index (χ2v) is 10.3. The predicted octanol–water partition coefficient (Wildman–Crippen LogP) is 1.94. The van der Waals surface area contributed by atoms with Crippen molar-refractivity contribution in [3.05, 3.63) is 34.5 Å². The van der Waals surface area contributed by atoms with Crippen LogP contribution in [0.5, 0.6) is 5.88 Å². The van der Waals surface area contributed by atoms with Gasteiger partial charge in [-0.1, -0.05) is 6.07 Å². The molecule has 1 aromatic carbocycles. The normalized spacial score (nSPS) is 23.7. The summed E-state index contributed by atoms with van der Waals surface area (Å²) in [5.41, 5.74) is 4.63. The van der Waals surface area contributed by atoms with Crippen molar-refractivity contribution >= 4 is 21.6 Å². The molecule has 4 N–H and O–H groups in total. The van der Waals surface area contributed by atoms with Crippen molar-refractivity contribution in [2.45, 2.75) is 62.5 Å². The highest BCUT2D eigenvalue weighted by atomic mass is 32.2. The Morgan fingerprint density at radius 3 is 2.63 bits per heavy atom. The van der Waals surface area contributed by atoms with Crippen LogP contribution < -0.4 is 15.2 Å². The number of nitrogens with two attached hydrogens (primary N) is 1. The van der Waals surface area contributed by atoms with Gasteiger partial charge in [0.15, 0.2) is 9.92 Å². The second-order valence-electron chi connectivity index (χ2n) is 8.58. The van der Waals surface area contributed by atoms with E-state index >= 15 is 0 Å². The first-order chi connectivity index (χ1) is 14.2. The van der Waals surface area contributed by atoms with Crippen LogP contribution in [0.4, 0.5) is 10.5 Å². The standard InChI is InChI=1S/C20H25N5O4S/c1-20(27)10-25-18(29-11-20)16(9-22-25)30(21,28)24-19(26)23-17-14-6-2-4-12(14)8-13-5-3-7-15(13)17/h8-9,27H,2-7,10-11H2,1H3,(H3,21,23,24,26,28)/t20-,30+/m0/s1. The number of hydrogen-bond donors (Lipinski definition) is 3. The zero-order valence-electron chi connectivity index (χ0n) is 16.8. The van der Waals surface area contributed by atoms with Crippen molar-refractivity contribution in [2.24, 2.45) is 9.50 Å². The molecule has 30 heavy (non-hydrogen) atoms. The van der Waals surface area contributed by atoms with Gasteiger partial charge in [-0.3, -0.25) is 0 Å². The Kier molecular flexibility index (Phi) is 4.42. The summed E-state index contributed by atoms with van der Waals surface area (Å²) in [6.07, 6.45) is 7.28. The van der Waals surface area contributed by atoms with Gasteiger partial charge < -0.3 is 15.2 Å². The lowest BCUT2D eigenvalue weighted by atomic mass is 9.99. The molecule has 160 valence electrons. The Morgan fingerprint density at radius 2 is 1.97 bits per heavy atom. The SMILES string of the molecule is C[C@@]1(O)COc2c([S@](N)(=O)=NC(=O)Nc3c4c(cc5c3CCC5)CCC4)cnn2C1. The fourth-order valence-corrected chi connectivity index (χ4v) is 5.68. The van der Waals surface area contributed by atoms with Gasteiger partial charge in [-0.2, -0.15) is 5.10 Å². The third-order valence-corrected chi connectivity index (χ3v) is 7.36. The Balaban J connectivity index is 1.47. The summed E-state index contributed by atoms with van der Waals surface area (Å²) in [6.45, 7) is 1.80. The molecule has 0 saturated carbocycles. The predicted molar refractivity (Wildman–Crippen MR) is 111 cm³/mol. The van der Waals surface area contributed by atoms with E-state index in [9.17, 15) is 14.1 Å². The van der Waals surface area contributed by atoms with Crippen molar-refractivity contribution in [2.75, 3.05) is 11.9 Å². The number of benzene rings is 1. The maximum Gasteiger partial charge on any atom is 0.354 e. The molecule has 0 spiro atoms. The quantitative estimate of drug-likeness (QED) is 0.668. The van der Waals surface area contributed by atoms with Crippen LogP contribution in [0.3, 0.4) is 0 Å². The molecule has 0 saturated heterocycles. The van der Waals surface area contributed by atoms with E-state index in [1.807, 2.05) is 0 Å². The largest absolute Gasteiger partial charge is 0.474 e. The number of aliphatic hydroxyl groups is 1. The van der Waals surface area contributed by atoms with Gasteiger partial charge in [0.2, 0.25) is 5.88 Å². The maximum atomic E-state index is 13.1. The highest BCUT2D eigenvalue weighted by molar-refractivity contribution is 7.91. The fraction of sp³-hybridized carbons (Fsp3) is 0.500. The van der Waals surface area contributed by atoms with Gasteiger partial charge in [-0.05, 0) is 67.7 Å². The molecule has 1 aromatic heterocycles. The first-order valence-electron chi connectivity index (χ1n) is 10.2. The van der Waals surface area contributed by atoms with Gasteiger partial charge in [-0.25, -0.2) is 18.8 Å². The lowest BCUT2D eigenvalue weighted by molar-refractivity contribution is -0.0325. The molecule has 2 amide bonds. The van der Waals surface area contributed by atoms with Crippen LogP contribution in [0, 0.1) is 0 Å². The number of aromatic nitrogens is 2. The van der Waals surface area contributed by atoms with E-state index in [1.165, 1.54) is 22.0 Å². The highest BCUT2D eigenvalue weighted by Gasteiger charge is 2.33. The molecular weight excluding hydrogens is 406 g/mol. The topological polar surface area (TPSA) is 132 Å². The van der Waals surface area contributed by atoms with E-state index in [-0.39, 0.29) is 23.9 Å². The molecule has 10 heteroatoms. The van der Waals surface area contributed by atoms with E-state index in [4.69, 9.17) is 9.88 Å². The summed E-state index contributed by atoms with van der Waals surface area (Å²) in [6, 6.07) is 1.54. The number of nitrogens with one attached hydrogen (secondary N) is 1. The Labute approximate surface area is 174 Å². The van der Waals surface area contributed by atoms with Crippen LogP contribution in [-0.4, -0.2) is 37.3 Å². The number of rotatable bonds is 2. The molecule has 0 fully saturated rings. The van der Waals surface area contributed by atoms with Gasteiger partial charge >= 0.3 is 6.03 Å². The molecule has 1 aliphatic heterocycles. The number of ether oxygens (including phenoxy) is 1. The molecule has 0 radical (unpaired) electrons. The van der Waals surface area contributed by atoms with E-state index in [0.29, 0.717) is 0 Å². The number of hydrogen-bond acceptors (Lipinski definition) is 5. The van der Waals surface area contributed by atoms with Gasteiger partial charge in [-0.15, -0.1) is 4.36 Å². The van der Waals surface area contributed by atoms with Crippen LogP contribution in [-0.2, 0) is 42.1 Å². The van der Waals surface area contributed by atoms with Crippen LogP contribution >= 0.6 is 0 Å². The summed E-state index contributed by atoms with van der Waals surface area (Å²) in [5.74, 6) is 0.173. The van der Waals surface area contributed by atoms with Crippen molar-refractivity contribution in [1.82, 2.24) is 9.78 Å². The third-order valence-electron chi connectivity index (χ3n) is 6.01. The molecule has 2 aromatic rings. The van der Waals surface area contributed by atoms with Crippen molar-refractivity contribution in [3.8, 4) is 5.88 Å². The number of urea groups is 1. The molecule has 5 rings (SSSR count). The number of amides is 2. The number of aryl methyl sites for hydroxylation is 2. The van der Waals surface area contributed by atoms with E-state index in [0.717, 1.165) is 55.3 Å². The minimum Gasteiger partial charge on any atom is -0.474 e. The summed E-state index contributed by atoms with van der Waals surface area (Å²) < 4.78 is 23.8. The smallest absolute Gasteiger partial charge is 0.354 e. The lowest BCUT2D eigenvalue weighted by Crippen LogP contribution is -2.41. The Hall–Kier alpha value is -2.43. The van der Waals surface area contributed by atoms with Gasteiger partial charge in [0, 0.05) is 5.69 Å². The zero-order valence-corrected chi connectivity index (χ0v) is 17.6. The van der Waals surface area contributed by atoms with E-state index in [1.54, 1.807) is 6.92 Å². The zero-order chi connectivity index (χ0) is 21.1. The molecule has 2 aliphatic carbocycles. The molecular formula is C20H25N5O4S. The summed E-state index contributed by atoms with van der Waals surface area (Å²) in [5, 5.41) is 23.0. The van der Waals surface area contributed by atoms with Crippen LogP contribution in [0.2, 0.25) is 0 Å². The third kappa shape index (κ3) is 3.28. The molecule has 2 heterocycles. The van der Waals surface area contributed by atoms with Crippen molar-refractivity contribution in [3.63, 3.8) is 0 Å². The summed E-state index contributed by atoms with van der Waals surface area (Å²) in [7, 11) is -3.57. The van der Waals surface area contributed by atoms with Gasteiger partial charge in [0.05, 0.1) is 12.7 Å². The maximum absolute atomic E-state index is 13.1. The first-order valence-corrected chi connectivity index (χ1v) is 11.7. The monoisotopic (exact) mass is 431 g/mol. The average molecular weight is 432 g/mol. The number of anilines is 1. The molecule has 2 atom stereocenters. The van der Waals surface area contributed by atoms with Crippen molar-refractivity contribution < 1.29 is 18.8 Å². The molecule has 0 bridgehead atoms. The number of carbonyl (C=O) groups is 1. The number of fused-ring (bicyclic) bond motifs is 3. The van der Waals surface area contributed by atoms with E-state index < -0.39 is 21.5 Å². The van der Waals surface area contributed by atoms with Crippen LogP contribution in [0.15, 0.2) is 21.5 Å². The highest BCUT2D eigenvalue weighted by Crippen LogP contribution is 2.38. The first kappa shape index (κ1) is 19.5. The molecule has 3 aliphatic rings. The number of nitrogens with zero attached hydrogens (tertiary/aromatic N) is 3. The minimum absolute atomic E-state index is 0.00962. The van der Waals surface area contributed by atoms with Gasteiger partial charge in [0.25, 0.3) is 0 Å². The van der Waals surface area contributed by atoms with Crippen molar-refractivity contribution in [1.29, 1.82) is 0 Å². The average Bonchev–Trinajstić information content (AvgIpc) is 3.38. The summed E-state index contributed by atoms with van der Waals surface area (Å²) >= 11 is 0. The van der Waals surface area contributed by atoms with Gasteiger partial charge in [0.1, 0.15) is 17.1 Å². The van der Waals surface area contributed by atoms with E-state index in [2.05, 4.69) is 20.8 Å². The Morgan fingerprint density at radius 1 is 1.30 bits per heavy atom. The number of carbonyl (C=O) groups excluding carboxylic acids is 1. The molecule has 9 nitrogen and oxygen atoms in total. The molecule has 0 unspecified atom stereocenters.